The van der Waals surface area contributed by atoms with Crippen LogP contribution < -0.4 is 0 Å². The van der Waals surface area contributed by atoms with Gasteiger partial charge in [-0.2, -0.15) is 0 Å². The van der Waals surface area contributed by atoms with E-state index in [0.29, 0.717) is 0 Å². The normalized spacial score (nSPS) is 16.2. The summed E-state index contributed by atoms with van der Waals surface area (Å²) in [5.41, 5.74) is 0.219. The summed E-state index contributed by atoms with van der Waals surface area (Å²) in [5, 5.41) is 0.139. The first-order valence-electron chi connectivity index (χ1n) is 6.42. The van der Waals surface area contributed by atoms with Crippen molar-refractivity contribution < 1.29 is 13.2 Å². The van der Waals surface area contributed by atoms with Gasteiger partial charge in [0.25, 0.3) is 15.0 Å². The van der Waals surface area contributed by atoms with E-state index in [0.717, 1.165) is 25.7 Å². The van der Waals surface area contributed by atoms with Crippen molar-refractivity contribution in [3.63, 3.8) is 0 Å². The Balaban J connectivity index is 2.40. The molecule has 0 atom stereocenters. The summed E-state index contributed by atoms with van der Waals surface area (Å²) < 4.78 is 23.3. The Morgan fingerprint density at radius 3 is 2.43 bits per heavy atom. The first-order chi connectivity index (χ1) is 9.71. The maximum atomic E-state index is 12.5. The molecule has 1 amide bonds. The van der Waals surface area contributed by atoms with Crippen molar-refractivity contribution in [1.82, 2.24) is 4.90 Å². The lowest BCUT2D eigenvalue weighted by molar-refractivity contribution is 0.0735. The van der Waals surface area contributed by atoms with Gasteiger partial charge in [0, 0.05) is 29.3 Å². The summed E-state index contributed by atoms with van der Waals surface area (Å²) in [5.74, 6) is -0.252. The van der Waals surface area contributed by atoms with Crippen LogP contribution >= 0.6 is 38.2 Å². The number of nitrogens with zero attached hydrogens (tertiary/aromatic N) is 1. The molecule has 0 N–H and O–H groups in total. The van der Waals surface area contributed by atoms with Gasteiger partial charge in [-0.3, -0.25) is 4.79 Å². The van der Waals surface area contributed by atoms with Gasteiger partial charge in [-0.15, -0.1) is 0 Å². The van der Waals surface area contributed by atoms with Crippen molar-refractivity contribution in [2.75, 3.05) is 7.05 Å². The number of rotatable bonds is 3. The molecule has 1 aliphatic carbocycles. The highest BCUT2D eigenvalue weighted by Crippen LogP contribution is 2.34. The molecular formula is C13H14BrCl2NO3S. The van der Waals surface area contributed by atoms with E-state index in [9.17, 15) is 13.2 Å². The van der Waals surface area contributed by atoms with Crippen LogP contribution in [0, 0.1) is 0 Å². The van der Waals surface area contributed by atoms with Gasteiger partial charge in [0.2, 0.25) is 0 Å². The van der Waals surface area contributed by atoms with Gasteiger partial charge in [0.15, 0.2) is 0 Å². The van der Waals surface area contributed by atoms with Crippen molar-refractivity contribution in [1.29, 1.82) is 0 Å². The fraction of sp³-hybridized carbons (Fsp3) is 0.462. The predicted octanol–water partition coefficient (Wildman–Crippen LogP) is 4.04. The van der Waals surface area contributed by atoms with E-state index in [4.69, 9.17) is 22.3 Å². The van der Waals surface area contributed by atoms with E-state index < -0.39 is 9.05 Å². The third-order valence-electron chi connectivity index (χ3n) is 3.70. The highest BCUT2D eigenvalue weighted by atomic mass is 79.9. The van der Waals surface area contributed by atoms with Crippen LogP contribution in [0.5, 0.6) is 0 Å². The Labute approximate surface area is 142 Å². The van der Waals surface area contributed by atoms with Crippen molar-refractivity contribution in [2.45, 2.75) is 36.6 Å². The predicted molar refractivity (Wildman–Crippen MR) is 86.5 cm³/mol. The second kappa shape index (κ2) is 6.44. The third-order valence-corrected chi connectivity index (χ3v) is 6.69. The van der Waals surface area contributed by atoms with Crippen molar-refractivity contribution >= 4 is 53.2 Å². The number of carbonyl (C=O) groups excluding carboxylic acids is 1. The van der Waals surface area contributed by atoms with Crippen LogP contribution in [0.1, 0.15) is 36.0 Å². The topological polar surface area (TPSA) is 54.5 Å². The third kappa shape index (κ3) is 3.73. The monoisotopic (exact) mass is 413 g/mol. The highest BCUT2D eigenvalue weighted by Gasteiger charge is 2.26. The van der Waals surface area contributed by atoms with Crippen molar-refractivity contribution in [2.24, 2.45) is 0 Å². The van der Waals surface area contributed by atoms with E-state index in [2.05, 4.69) is 15.9 Å². The highest BCUT2D eigenvalue weighted by molar-refractivity contribution is 9.10. The molecule has 0 aliphatic heterocycles. The van der Waals surface area contributed by atoms with E-state index >= 15 is 0 Å². The molecule has 0 heterocycles. The van der Waals surface area contributed by atoms with Crippen LogP contribution in [0.3, 0.4) is 0 Å². The zero-order valence-electron chi connectivity index (χ0n) is 11.3. The zero-order valence-corrected chi connectivity index (χ0v) is 15.2. The van der Waals surface area contributed by atoms with Crippen molar-refractivity contribution in [3.05, 3.63) is 27.2 Å². The van der Waals surface area contributed by atoms with Crippen LogP contribution in [-0.4, -0.2) is 32.3 Å². The lowest BCUT2D eigenvalue weighted by Crippen LogP contribution is -2.35. The molecular weight excluding hydrogens is 401 g/mol. The molecule has 0 bridgehead atoms. The Bertz CT molecular complexity index is 672. The zero-order chi connectivity index (χ0) is 15.8. The van der Waals surface area contributed by atoms with Crippen LogP contribution in [-0.2, 0) is 9.05 Å². The number of benzene rings is 1. The summed E-state index contributed by atoms with van der Waals surface area (Å²) in [7, 11) is 3.12. The summed E-state index contributed by atoms with van der Waals surface area (Å²) in [6.07, 6.45) is 4.13. The summed E-state index contributed by atoms with van der Waals surface area (Å²) in [4.78, 5) is 13.9. The molecule has 1 fully saturated rings. The standard InChI is InChI=1S/C13H14BrCl2NO3S/c1-17(9-4-2-3-5-9)13(18)8-6-10(15)12(14)11(7-8)21(16,19)20/h6-7,9H,2-5H2,1H3. The van der Waals surface area contributed by atoms with Crippen LogP contribution in [0.25, 0.3) is 0 Å². The maximum Gasteiger partial charge on any atom is 0.262 e. The average molecular weight is 415 g/mol. The van der Waals surface area contributed by atoms with E-state index in [1.807, 2.05) is 0 Å². The molecule has 0 radical (unpaired) electrons. The van der Waals surface area contributed by atoms with Gasteiger partial charge >= 0.3 is 0 Å². The first kappa shape index (κ1) is 17.1. The SMILES string of the molecule is CN(C(=O)c1cc(Cl)c(Br)c(S(=O)(=O)Cl)c1)C1CCCC1. The van der Waals surface area contributed by atoms with Gasteiger partial charge in [-0.05, 0) is 40.9 Å². The average Bonchev–Trinajstić information content (AvgIpc) is 2.92. The van der Waals surface area contributed by atoms with Gasteiger partial charge in [0.05, 0.1) is 14.4 Å². The molecule has 2 rings (SSSR count). The quantitative estimate of drug-likeness (QED) is 0.701. The summed E-state index contributed by atoms with van der Waals surface area (Å²) >= 11 is 9.07. The number of carbonyl (C=O) groups is 1. The van der Waals surface area contributed by atoms with E-state index in [1.54, 1.807) is 11.9 Å². The number of halogens is 3. The lowest BCUT2D eigenvalue weighted by Gasteiger charge is -2.24. The van der Waals surface area contributed by atoms with Gasteiger partial charge in [-0.1, -0.05) is 24.4 Å². The first-order valence-corrected chi connectivity index (χ1v) is 9.90. The fourth-order valence-electron chi connectivity index (χ4n) is 2.53. The number of hydrogen-bond donors (Lipinski definition) is 0. The smallest absolute Gasteiger partial charge is 0.262 e. The molecule has 0 saturated heterocycles. The molecule has 0 unspecified atom stereocenters. The van der Waals surface area contributed by atoms with Crippen LogP contribution in [0.15, 0.2) is 21.5 Å². The molecule has 8 heteroatoms. The second-order valence-electron chi connectivity index (χ2n) is 5.06. The molecule has 1 aliphatic rings. The lowest BCUT2D eigenvalue weighted by atomic mass is 10.1. The Morgan fingerprint density at radius 1 is 1.33 bits per heavy atom. The van der Waals surface area contributed by atoms with Gasteiger partial charge in [-0.25, -0.2) is 8.42 Å². The minimum Gasteiger partial charge on any atom is -0.339 e. The Hall–Kier alpha value is -0.300. The van der Waals surface area contributed by atoms with Gasteiger partial charge in [0.1, 0.15) is 0 Å². The van der Waals surface area contributed by atoms with Crippen molar-refractivity contribution in [3.8, 4) is 0 Å². The number of hydrogen-bond acceptors (Lipinski definition) is 3. The van der Waals surface area contributed by atoms with Gasteiger partial charge < -0.3 is 4.90 Å². The molecule has 0 aromatic heterocycles. The molecule has 116 valence electrons. The molecule has 21 heavy (non-hydrogen) atoms. The minimum atomic E-state index is -3.99. The van der Waals surface area contributed by atoms with Crippen LogP contribution in [0.2, 0.25) is 5.02 Å². The molecule has 1 aromatic rings. The molecule has 1 aromatic carbocycles. The summed E-state index contributed by atoms with van der Waals surface area (Å²) in [6.45, 7) is 0. The van der Waals surface area contributed by atoms with Crippen LogP contribution in [0.4, 0.5) is 0 Å². The molecule has 0 spiro atoms. The Morgan fingerprint density at radius 2 is 1.90 bits per heavy atom. The number of amides is 1. The molecule has 1 saturated carbocycles. The molecule has 4 nitrogen and oxygen atoms in total. The van der Waals surface area contributed by atoms with E-state index in [1.165, 1.54) is 12.1 Å². The Kier molecular flexibility index (Phi) is 5.23. The minimum absolute atomic E-state index is 0.139. The summed E-state index contributed by atoms with van der Waals surface area (Å²) in [6, 6.07) is 2.90. The maximum absolute atomic E-state index is 12.5. The fourth-order valence-corrected chi connectivity index (χ4v) is 4.91. The largest absolute Gasteiger partial charge is 0.339 e. The second-order valence-corrected chi connectivity index (χ2v) is 8.80. The van der Waals surface area contributed by atoms with E-state index in [-0.39, 0.29) is 31.9 Å².